The van der Waals surface area contributed by atoms with Crippen molar-refractivity contribution in [2.45, 2.75) is 58.9 Å². The van der Waals surface area contributed by atoms with E-state index in [1.807, 2.05) is 4.68 Å². The molecule has 3 nitrogen and oxygen atoms in total. The van der Waals surface area contributed by atoms with Crippen LogP contribution in [0.15, 0.2) is 4.47 Å². The first-order valence-electron chi connectivity index (χ1n) is 6.41. The molecule has 0 aliphatic heterocycles. The third-order valence-corrected chi connectivity index (χ3v) is 4.19. The Hall–Kier alpha value is -0.510. The maximum Gasteiger partial charge on any atom is 0.136 e. The third-order valence-electron chi connectivity index (χ3n) is 3.32. The van der Waals surface area contributed by atoms with Crippen LogP contribution in [0.4, 0.5) is 5.82 Å². The summed E-state index contributed by atoms with van der Waals surface area (Å²) in [6.07, 6.45) is 5.99. The summed E-state index contributed by atoms with van der Waals surface area (Å²) in [7, 11) is 0. The molecule has 1 aromatic rings. The molecular formula is C13H22BrN3. The van der Waals surface area contributed by atoms with Gasteiger partial charge in [0.25, 0.3) is 0 Å². The fourth-order valence-corrected chi connectivity index (χ4v) is 2.92. The largest absolute Gasteiger partial charge is 0.383 e. The van der Waals surface area contributed by atoms with Gasteiger partial charge in [0.2, 0.25) is 0 Å². The van der Waals surface area contributed by atoms with Crippen LogP contribution in [0.25, 0.3) is 0 Å². The van der Waals surface area contributed by atoms with Gasteiger partial charge in [-0.15, -0.1) is 0 Å². The summed E-state index contributed by atoms with van der Waals surface area (Å²) in [5.74, 6) is 0.802. The van der Waals surface area contributed by atoms with Gasteiger partial charge in [0, 0.05) is 0 Å². The number of aromatic nitrogens is 2. The Bertz CT molecular complexity index is 398. The van der Waals surface area contributed by atoms with E-state index in [9.17, 15) is 0 Å². The first-order chi connectivity index (χ1) is 7.88. The van der Waals surface area contributed by atoms with Crippen LogP contribution in [0.1, 0.15) is 58.2 Å². The number of nitrogens with zero attached hydrogens (tertiary/aromatic N) is 2. The Morgan fingerprint density at radius 2 is 1.94 bits per heavy atom. The maximum absolute atomic E-state index is 6.16. The van der Waals surface area contributed by atoms with E-state index in [1.54, 1.807) is 0 Å². The van der Waals surface area contributed by atoms with E-state index >= 15 is 0 Å². The molecule has 0 unspecified atom stereocenters. The normalized spacial score (nSPS) is 17.9. The molecule has 1 aromatic heterocycles. The van der Waals surface area contributed by atoms with Gasteiger partial charge >= 0.3 is 0 Å². The monoisotopic (exact) mass is 299 g/mol. The molecule has 0 amide bonds. The molecule has 96 valence electrons. The van der Waals surface area contributed by atoms with Gasteiger partial charge in [0.05, 0.1) is 16.2 Å². The zero-order valence-corrected chi connectivity index (χ0v) is 12.5. The van der Waals surface area contributed by atoms with Crippen LogP contribution in [0.5, 0.6) is 0 Å². The standard InChI is InChI=1S/C13H22BrN3/c1-13(2,3)8-10-11(14)12(15)17(16-10)9-6-4-5-7-9/h9H,4-8,15H2,1-3H3. The zero-order valence-electron chi connectivity index (χ0n) is 11.0. The highest BCUT2D eigenvalue weighted by atomic mass is 79.9. The minimum Gasteiger partial charge on any atom is -0.383 e. The molecule has 1 aliphatic carbocycles. The fraction of sp³-hybridized carbons (Fsp3) is 0.769. The number of anilines is 1. The number of nitrogen functional groups attached to an aromatic ring is 1. The summed E-state index contributed by atoms with van der Waals surface area (Å²) in [6.45, 7) is 6.68. The van der Waals surface area contributed by atoms with Crippen LogP contribution in [-0.2, 0) is 6.42 Å². The lowest BCUT2D eigenvalue weighted by Crippen LogP contribution is -2.12. The van der Waals surface area contributed by atoms with Crippen molar-refractivity contribution >= 4 is 21.7 Å². The minimum atomic E-state index is 0.240. The van der Waals surface area contributed by atoms with E-state index in [4.69, 9.17) is 10.8 Å². The SMILES string of the molecule is CC(C)(C)Cc1nn(C2CCCC2)c(N)c1Br. The molecule has 1 heterocycles. The predicted octanol–water partition coefficient (Wildman–Crippen LogP) is 3.93. The quantitative estimate of drug-likeness (QED) is 0.899. The summed E-state index contributed by atoms with van der Waals surface area (Å²) in [6, 6.07) is 0.514. The molecule has 4 heteroatoms. The van der Waals surface area contributed by atoms with Crippen molar-refractivity contribution in [2.75, 3.05) is 5.73 Å². The molecule has 1 fully saturated rings. The second kappa shape index (κ2) is 4.63. The molecule has 0 radical (unpaired) electrons. The Morgan fingerprint density at radius 1 is 1.35 bits per heavy atom. The van der Waals surface area contributed by atoms with Crippen molar-refractivity contribution in [2.24, 2.45) is 5.41 Å². The number of rotatable bonds is 2. The summed E-state index contributed by atoms with van der Waals surface area (Å²) in [4.78, 5) is 0. The highest BCUT2D eigenvalue weighted by Crippen LogP contribution is 2.36. The fourth-order valence-electron chi connectivity index (χ4n) is 2.52. The van der Waals surface area contributed by atoms with E-state index in [-0.39, 0.29) is 5.41 Å². The number of halogens is 1. The Balaban J connectivity index is 2.27. The Kier molecular flexibility index (Phi) is 3.53. The Labute approximate surface area is 112 Å². The van der Waals surface area contributed by atoms with Crippen LogP contribution in [-0.4, -0.2) is 9.78 Å². The molecule has 0 aromatic carbocycles. The highest BCUT2D eigenvalue weighted by molar-refractivity contribution is 9.10. The van der Waals surface area contributed by atoms with Crippen molar-refractivity contribution in [3.63, 3.8) is 0 Å². The smallest absolute Gasteiger partial charge is 0.136 e. The maximum atomic E-state index is 6.16. The number of nitrogens with two attached hydrogens (primary N) is 1. The summed E-state index contributed by atoms with van der Waals surface area (Å²) >= 11 is 3.59. The van der Waals surface area contributed by atoms with E-state index in [1.165, 1.54) is 25.7 Å². The molecule has 1 aliphatic rings. The zero-order chi connectivity index (χ0) is 12.6. The average Bonchev–Trinajstić information content (AvgIpc) is 2.80. The van der Waals surface area contributed by atoms with Crippen LogP contribution < -0.4 is 5.73 Å². The predicted molar refractivity (Wildman–Crippen MR) is 75.0 cm³/mol. The van der Waals surface area contributed by atoms with Gasteiger partial charge < -0.3 is 5.73 Å². The van der Waals surface area contributed by atoms with Crippen LogP contribution in [0, 0.1) is 5.41 Å². The number of hydrogen-bond donors (Lipinski definition) is 1. The van der Waals surface area contributed by atoms with Crippen LogP contribution in [0.3, 0.4) is 0 Å². The third kappa shape index (κ3) is 2.84. The molecule has 2 N–H and O–H groups in total. The van der Waals surface area contributed by atoms with Crippen molar-refractivity contribution in [1.82, 2.24) is 9.78 Å². The molecule has 17 heavy (non-hydrogen) atoms. The minimum absolute atomic E-state index is 0.240. The van der Waals surface area contributed by atoms with E-state index < -0.39 is 0 Å². The molecule has 0 saturated heterocycles. The lowest BCUT2D eigenvalue weighted by atomic mass is 9.91. The van der Waals surface area contributed by atoms with Gasteiger partial charge in [-0.2, -0.15) is 5.10 Å². The molecule has 0 bridgehead atoms. The summed E-state index contributed by atoms with van der Waals surface area (Å²) in [5.41, 5.74) is 7.49. The van der Waals surface area contributed by atoms with Gasteiger partial charge in [0.15, 0.2) is 0 Å². The average molecular weight is 300 g/mol. The topological polar surface area (TPSA) is 43.8 Å². The van der Waals surface area contributed by atoms with E-state index in [2.05, 4.69) is 36.7 Å². The molecule has 2 rings (SSSR count). The van der Waals surface area contributed by atoms with Crippen molar-refractivity contribution in [3.8, 4) is 0 Å². The van der Waals surface area contributed by atoms with Gasteiger partial charge in [-0.25, -0.2) is 4.68 Å². The van der Waals surface area contributed by atoms with Gasteiger partial charge in [-0.3, -0.25) is 0 Å². The molecule has 0 atom stereocenters. The van der Waals surface area contributed by atoms with Crippen molar-refractivity contribution in [1.29, 1.82) is 0 Å². The van der Waals surface area contributed by atoms with Crippen molar-refractivity contribution in [3.05, 3.63) is 10.2 Å². The number of hydrogen-bond acceptors (Lipinski definition) is 2. The van der Waals surface area contributed by atoms with Gasteiger partial charge in [-0.1, -0.05) is 33.6 Å². The van der Waals surface area contributed by atoms with Gasteiger partial charge in [0.1, 0.15) is 5.82 Å². The molecule has 0 spiro atoms. The van der Waals surface area contributed by atoms with E-state index in [0.717, 1.165) is 22.4 Å². The van der Waals surface area contributed by atoms with Crippen LogP contribution >= 0.6 is 15.9 Å². The molecule has 1 saturated carbocycles. The summed E-state index contributed by atoms with van der Waals surface area (Å²) < 4.78 is 3.04. The second-order valence-corrected chi connectivity index (χ2v) is 7.06. The first-order valence-corrected chi connectivity index (χ1v) is 7.20. The lowest BCUT2D eigenvalue weighted by Gasteiger charge is -2.16. The summed E-state index contributed by atoms with van der Waals surface area (Å²) in [5, 5.41) is 4.72. The first kappa shape index (κ1) is 12.9. The van der Waals surface area contributed by atoms with Crippen molar-refractivity contribution < 1.29 is 0 Å². The van der Waals surface area contributed by atoms with E-state index in [0.29, 0.717) is 6.04 Å². The highest BCUT2D eigenvalue weighted by Gasteiger charge is 2.25. The Morgan fingerprint density at radius 3 is 2.47 bits per heavy atom. The van der Waals surface area contributed by atoms with Crippen LogP contribution in [0.2, 0.25) is 0 Å². The molecular weight excluding hydrogens is 278 g/mol. The van der Waals surface area contributed by atoms with Gasteiger partial charge in [-0.05, 0) is 40.6 Å². The second-order valence-electron chi connectivity index (χ2n) is 6.27. The lowest BCUT2D eigenvalue weighted by molar-refractivity contribution is 0.397.